The number of hydrogen-bond acceptors (Lipinski definition) is 4. The van der Waals surface area contributed by atoms with E-state index < -0.39 is 0 Å². The van der Waals surface area contributed by atoms with E-state index in [4.69, 9.17) is 9.47 Å². The molecule has 0 fully saturated rings. The van der Waals surface area contributed by atoms with Gasteiger partial charge in [-0.15, -0.1) is 0 Å². The van der Waals surface area contributed by atoms with Crippen LogP contribution in [0, 0.1) is 0 Å². The lowest BCUT2D eigenvalue weighted by atomic mass is 10.1. The van der Waals surface area contributed by atoms with Gasteiger partial charge in [0.05, 0.1) is 13.2 Å². The van der Waals surface area contributed by atoms with Gasteiger partial charge in [-0.1, -0.05) is 63.5 Å². The molecule has 1 heterocycles. The van der Waals surface area contributed by atoms with Gasteiger partial charge >= 0.3 is 11.9 Å². The number of cyclic esters (lactones) is 2. The van der Waals surface area contributed by atoms with Crippen LogP contribution >= 0.6 is 0 Å². The van der Waals surface area contributed by atoms with Gasteiger partial charge in [-0.05, 0) is 38.5 Å². The molecule has 0 aromatic rings. The van der Waals surface area contributed by atoms with Gasteiger partial charge in [0.15, 0.2) is 0 Å². The average Bonchev–Trinajstić information content (AvgIpc) is 2.63. The zero-order valence-electron chi connectivity index (χ0n) is 16.3. The number of ether oxygens (including phenoxy) is 2. The third kappa shape index (κ3) is 14.7. The molecule has 0 aliphatic carbocycles. The van der Waals surface area contributed by atoms with Crippen molar-refractivity contribution in [2.24, 2.45) is 0 Å². The Hall–Kier alpha value is -1.58. The van der Waals surface area contributed by atoms with Crippen LogP contribution in [0.25, 0.3) is 0 Å². The van der Waals surface area contributed by atoms with E-state index in [1.165, 1.54) is 38.5 Å². The second-order valence-corrected chi connectivity index (χ2v) is 6.96. The summed E-state index contributed by atoms with van der Waals surface area (Å²) in [7, 11) is 0. The second-order valence-electron chi connectivity index (χ2n) is 6.96. The molecule has 1 aliphatic rings. The van der Waals surface area contributed by atoms with E-state index in [0.717, 1.165) is 51.4 Å². The predicted molar refractivity (Wildman–Crippen MR) is 105 cm³/mol. The van der Waals surface area contributed by atoms with Gasteiger partial charge in [0.1, 0.15) is 0 Å². The fourth-order valence-electron chi connectivity index (χ4n) is 2.94. The van der Waals surface area contributed by atoms with Crippen LogP contribution in [0.1, 0.15) is 89.9 Å². The SMILES string of the molecule is O=C1/C=C\CCCCCCCCOC(=O)/C=C\CCCCCCCCO1. The van der Waals surface area contributed by atoms with Crippen molar-refractivity contribution in [1.82, 2.24) is 0 Å². The van der Waals surface area contributed by atoms with Gasteiger partial charge in [0, 0.05) is 12.2 Å². The first-order chi connectivity index (χ1) is 12.8. The molecule has 4 nitrogen and oxygen atoms in total. The van der Waals surface area contributed by atoms with Crippen LogP contribution in [0.3, 0.4) is 0 Å². The first kappa shape index (κ1) is 22.5. The summed E-state index contributed by atoms with van der Waals surface area (Å²) in [5.41, 5.74) is 0. The summed E-state index contributed by atoms with van der Waals surface area (Å²) in [5, 5.41) is 0. The van der Waals surface area contributed by atoms with Crippen LogP contribution in [0.2, 0.25) is 0 Å². The minimum absolute atomic E-state index is 0.208. The molecule has 0 unspecified atom stereocenters. The van der Waals surface area contributed by atoms with Crippen LogP contribution in [0.15, 0.2) is 24.3 Å². The molecule has 0 radical (unpaired) electrons. The van der Waals surface area contributed by atoms with E-state index in [2.05, 4.69) is 0 Å². The number of esters is 2. The maximum absolute atomic E-state index is 11.6. The lowest BCUT2D eigenvalue weighted by Crippen LogP contribution is -2.02. The third-order valence-electron chi connectivity index (χ3n) is 4.53. The minimum Gasteiger partial charge on any atom is -0.463 e. The molecular weight excluding hydrogens is 328 g/mol. The Morgan fingerprint density at radius 2 is 0.846 bits per heavy atom. The molecule has 0 N–H and O–H groups in total. The topological polar surface area (TPSA) is 52.6 Å². The smallest absolute Gasteiger partial charge is 0.330 e. The van der Waals surface area contributed by atoms with Crippen LogP contribution in [0.4, 0.5) is 0 Å². The highest BCUT2D eigenvalue weighted by Crippen LogP contribution is 2.09. The predicted octanol–water partition coefficient (Wildman–Crippen LogP) is 5.66. The van der Waals surface area contributed by atoms with Crippen molar-refractivity contribution >= 4 is 11.9 Å². The lowest BCUT2D eigenvalue weighted by molar-refractivity contribution is -0.138. The number of carbonyl (C=O) groups excluding carboxylic acids is 2. The summed E-state index contributed by atoms with van der Waals surface area (Å²) in [6.07, 6.45) is 22.2. The Bertz CT molecular complexity index is 386. The summed E-state index contributed by atoms with van der Waals surface area (Å²) < 4.78 is 10.4. The van der Waals surface area contributed by atoms with E-state index >= 15 is 0 Å². The van der Waals surface area contributed by atoms with Gasteiger partial charge in [-0.3, -0.25) is 0 Å². The fourth-order valence-corrected chi connectivity index (χ4v) is 2.94. The highest BCUT2D eigenvalue weighted by molar-refractivity contribution is 5.82. The van der Waals surface area contributed by atoms with Gasteiger partial charge in [-0.25, -0.2) is 9.59 Å². The Balaban J connectivity index is 2.24. The van der Waals surface area contributed by atoms with E-state index in [1.807, 2.05) is 12.2 Å². The number of carbonyl (C=O) groups is 2. The van der Waals surface area contributed by atoms with Gasteiger partial charge in [0.2, 0.25) is 0 Å². The van der Waals surface area contributed by atoms with Crippen molar-refractivity contribution in [1.29, 1.82) is 0 Å². The molecule has 0 atom stereocenters. The molecule has 0 amide bonds. The highest BCUT2D eigenvalue weighted by Gasteiger charge is 1.99. The zero-order chi connectivity index (χ0) is 18.7. The molecule has 0 aromatic heterocycles. The van der Waals surface area contributed by atoms with Gasteiger partial charge in [-0.2, -0.15) is 0 Å². The normalized spacial score (nSPS) is 23.8. The quantitative estimate of drug-likeness (QED) is 0.520. The number of allylic oxidation sites excluding steroid dienone is 2. The Morgan fingerprint density at radius 3 is 1.27 bits per heavy atom. The Morgan fingerprint density at radius 1 is 0.500 bits per heavy atom. The third-order valence-corrected chi connectivity index (χ3v) is 4.53. The summed E-state index contributed by atoms with van der Waals surface area (Å²) in [4.78, 5) is 23.1. The number of rotatable bonds is 0. The van der Waals surface area contributed by atoms with E-state index in [9.17, 15) is 9.59 Å². The van der Waals surface area contributed by atoms with E-state index in [1.54, 1.807) is 12.2 Å². The largest absolute Gasteiger partial charge is 0.463 e. The summed E-state index contributed by atoms with van der Waals surface area (Å²) >= 11 is 0. The Kier molecular flexibility index (Phi) is 14.6. The maximum atomic E-state index is 11.6. The molecule has 0 saturated heterocycles. The summed E-state index contributed by atoms with van der Waals surface area (Å²) in [5.74, 6) is -0.415. The van der Waals surface area contributed by atoms with Gasteiger partial charge < -0.3 is 9.47 Å². The molecule has 4 heteroatoms. The van der Waals surface area contributed by atoms with Crippen molar-refractivity contribution in [2.75, 3.05) is 13.2 Å². The maximum Gasteiger partial charge on any atom is 0.330 e. The van der Waals surface area contributed by atoms with Crippen LogP contribution < -0.4 is 0 Å². The average molecular weight is 365 g/mol. The second kappa shape index (κ2) is 16.9. The minimum atomic E-state index is -0.208. The van der Waals surface area contributed by atoms with Crippen LogP contribution in [0.5, 0.6) is 0 Å². The standard InChI is InChI=1S/C22H36O4/c23-21-17-13-9-5-1-3-7-11-15-19-25-22(24)18-14-10-6-2-4-8-12-16-20-26-21/h13-14,17-18H,1-12,15-16,19-20H2/b17-13-,18-14-. The molecule has 0 aromatic carbocycles. The first-order valence-corrected chi connectivity index (χ1v) is 10.5. The molecule has 148 valence electrons. The monoisotopic (exact) mass is 364 g/mol. The molecular formula is C22H36O4. The van der Waals surface area contributed by atoms with E-state index in [0.29, 0.717) is 13.2 Å². The summed E-state index contributed by atoms with van der Waals surface area (Å²) in [6.45, 7) is 1.04. The Labute approximate surface area is 159 Å². The van der Waals surface area contributed by atoms with Crippen molar-refractivity contribution in [3.63, 3.8) is 0 Å². The number of hydrogen-bond donors (Lipinski definition) is 0. The van der Waals surface area contributed by atoms with Crippen LogP contribution in [-0.2, 0) is 19.1 Å². The van der Waals surface area contributed by atoms with Crippen molar-refractivity contribution in [3.05, 3.63) is 24.3 Å². The van der Waals surface area contributed by atoms with Crippen LogP contribution in [-0.4, -0.2) is 25.2 Å². The highest BCUT2D eigenvalue weighted by atomic mass is 16.5. The lowest BCUT2D eigenvalue weighted by Gasteiger charge is -2.04. The molecule has 1 rings (SSSR count). The van der Waals surface area contributed by atoms with Crippen molar-refractivity contribution < 1.29 is 19.1 Å². The first-order valence-electron chi connectivity index (χ1n) is 10.5. The van der Waals surface area contributed by atoms with Gasteiger partial charge in [0.25, 0.3) is 0 Å². The zero-order valence-corrected chi connectivity index (χ0v) is 16.3. The van der Waals surface area contributed by atoms with Crippen molar-refractivity contribution in [3.8, 4) is 0 Å². The molecule has 26 heavy (non-hydrogen) atoms. The molecule has 0 spiro atoms. The molecule has 0 bridgehead atoms. The fraction of sp³-hybridized carbons (Fsp3) is 0.727. The van der Waals surface area contributed by atoms with Crippen molar-refractivity contribution in [2.45, 2.75) is 89.9 Å². The summed E-state index contributed by atoms with van der Waals surface area (Å²) in [6, 6.07) is 0. The molecule has 0 saturated carbocycles. The molecule has 1 aliphatic heterocycles. The van der Waals surface area contributed by atoms with E-state index in [-0.39, 0.29) is 11.9 Å².